The maximum absolute atomic E-state index is 9.75. The van der Waals surface area contributed by atoms with Crippen molar-refractivity contribution in [3.8, 4) is 0 Å². The second-order valence-electron chi connectivity index (χ2n) is 4.63. The zero-order valence-corrected chi connectivity index (χ0v) is 13.7. The number of aliphatic hydroxyl groups is 1. The van der Waals surface area contributed by atoms with Crippen molar-refractivity contribution in [1.29, 1.82) is 0 Å². The smallest absolute Gasteiger partial charge is 0.0828 e. The Balaban J connectivity index is 2.29. The summed E-state index contributed by atoms with van der Waals surface area (Å²) in [6, 6.07) is 15.9. The Morgan fingerprint density at radius 2 is 1.74 bits per heavy atom. The van der Waals surface area contributed by atoms with E-state index >= 15 is 0 Å². The second-order valence-corrected chi connectivity index (χ2v) is 6.46. The van der Waals surface area contributed by atoms with Gasteiger partial charge < -0.3 is 10.4 Å². The first-order valence-electron chi connectivity index (χ1n) is 5.94. The van der Waals surface area contributed by atoms with Crippen LogP contribution < -0.4 is 5.32 Å². The van der Waals surface area contributed by atoms with Gasteiger partial charge in [-0.2, -0.15) is 0 Å². The molecule has 0 saturated carbocycles. The molecule has 2 aromatic rings. The summed E-state index contributed by atoms with van der Waals surface area (Å²) in [5, 5.41) is 13.1. The van der Waals surface area contributed by atoms with Gasteiger partial charge in [-0.15, -0.1) is 0 Å². The topological polar surface area (TPSA) is 32.3 Å². The van der Waals surface area contributed by atoms with Gasteiger partial charge in [0.15, 0.2) is 0 Å². The summed E-state index contributed by atoms with van der Waals surface area (Å²) < 4.78 is 2.03. The molecule has 19 heavy (non-hydrogen) atoms. The van der Waals surface area contributed by atoms with E-state index in [-0.39, 0.29) is 6.61 Å². The highest BCUT2D eigenvalue weighted by molar-refractivity contribution is 9.10. The van der Waals surface area contributed by atoms with Crippen LogP contribution >= 0.6 is 31.9 Å². The molecule has 0 amide bonds. The van der Waals surface area contributed by atoms with Crippen molar-refractivity contribution in [2.75, 3.05) is 11.9 Å². The van der Waals surface area contributed by atoms with Crippen LogP contribution in [0.2, 0.25) is 0 Å². The van der Waals surface area contributed by atoms with E-state index in [9.17, 15) is 5.11 Å². The maximum Gasteiger partial charge on any atom is 0.0828 e. The minimum atomic E-state index is -0.512. The number of hydrogen-bond acceptors (Lipinski definition) is 2. The summed E-state index contributed by atoms with van der Waals surface area (Å²) in [7, 11) is 0. The Labute approximate surface area is 130 Å². The highest BCUT2D eigenvalue weighted by Crippen LogP contribution is 2.28. The first kappa shape index (κ1) is 14.6. The average molecular weight is 385 g/mol. The van der Waals surface area contributed by atoms with Gasteiger partial charge in [-0.25, -0.2) is 0 Å². The van der Waals surface area contributed by atoms with Crippen LogP contribution in [0.25, 0.3) is 0 Å². The lowest BCUT2D eigenvalue weighted by Gasteiger charge is -2.30. The summed E-state index contributed by atoms with van der Waals surface area (Å²) in [6.45, 7) is 2.00. The fourth-order valence-electron chi connectivity index (χ4n) is 1.91. The molecule has 2 aromatic carbocycles. The molecule has 2 rings (SSSR count). The predicted molar refractivity (Wildman–Crippen MR) is 86.3 cm³/mol. The van der Waals surface area contributed by atoms with Crippen LogP contribution in [0.15, 0.2) is 57.5 Å². The predicted octanol–water partition coefficient (Wildman–Crippen LogP) is 4.53. The standard InChI is InChI=1S/C15H15Br2NO/c1-15(10-19,11-5-7-12(16)8-6-11)18-14-4-2-3-13(17)9-14/h2-9,18-19H,10H2,1H3. The van der Waals surface area contributed by atoms with E-state index in [4.69, 9.17) is 0 Å². The molecule has 0 aromatic heterocycles. The Morgan fingerprint density at radius 1 is 1.05 bits per heavy atom. The summed E-state index contributed by atoms with van der Waals surface area (Å²) in [5.74, 6) is 0. The molecular weight excluding hydrogens is 370 g/mol. The van der Waals surface area contributed by atoms with Crippen LogP contribution in [0.4, 0.5) is 5.69 Å². The molecule has 0 fully saturated rings. The van der Waals surface area contributed by atoms with E-state index in [0.717, 1.165) is 20.2 Å². The molecule has 2 nitrogen and oxygen atoms in total. The largest absolute Gasteiger partial charge is 0.394 e. The van der Waals surface area contributed by atoms with Crippen LogP contribution in [0.1, 0.15) is 12.5 Å². The molecule has 0 aliphatic rings. The van der Waals surface area contributed by atoms with E-state index in [1.807, 2.05) is 55.5 Å². The highest BCUT2D eigenvalue weighted by atomic mass is 79.9. The van der Waals surface area contributed by atoms with Gasteiger partial charge in [-0.1, -0.05) is 50.1 Å². The molecule has 0 spiro atoms. The quantitative estimate of drug-likeness (QED) is 0.811. The van der Waals surface area contributed by atoms with Crippen molar-refractivity contribution in [3.05, 3.63) is 63.0 Å². The second kappa shape index (κ2) is 6.07. The van der Waals surface area contributed by atoms with E-state index in [1.54, 1.807) is 0 Å². The number of anilines is 1. The molecule has 1 atom stereocenters. The van der Waals surface area contributed by atoms with Gasteiger partial charge in [0.25, 0.3) is 0 Å². The third-order valence-corrected chi connectivity index (χ3v) is 4.06. The Kier molecular flexibility index (Phi) is 4.66. The Hall–Kier alpha value is -0.840. The van der Waals surface area contributed by atoms with Gasteiger partial charge in [-0.05, 0) is 42.8 Å². The Morgan fingerprint density at radius 3 is 2.32 bits per heavy atom. The van der Waals surface area contributed by atoms with E-state index in [1.165, 1.54) is 0 Å². The molecule has 0 heterocycles. The van der Waals surface area contributed by atoms with Crippen LogP contribution in [-0.2, 0) is 5.54 Å². The number of rotatable bonds is 4. The third kappa shape index (κ3) is 3.59. The number of aliphatic hydroxyl groups excluding tert-OH is 1. The normalized spacial score (nSPS) is 13.9. The van der Waals surface area contributed by atoms with E-state index in [0.29, 0.717) is 0 Å². The average Bonchev–Trinajstić information content (AvgIpc) is 2.39. The number of halogens is 2. The molecule has 0 radical (unpaired) electrons. The fraction of sp³-hybridized carbons (Fsp3) is 0.200. The molecule has 0 saturated heterocycles. The minimum absolute atomic E-state index is 0.0150. The van der Waals surface area contributed by atoms with Gasteiger partial charge in [0.2, 0.25) is 0 Å². The van der Waals surface area contributed by atoms with Gasteiger partial charge in [0, 0.05) is 14.6 Å². The molecule has 0 bridgehead atoms. The van der Waals surface area contributed by atoms with Crippen molar-refractivity contribution in [3.63, 3.8) is 0 Å². The van der Waals surface area contributed by atoms with Crippen molar-refractivity contribution in [1.82, 2.24) is 0 Å². The van der Waals surface area contributed by atoms with Crippen molar-refractivity contribution >= 4 is 37.5 Å². The lowest BCUT2D eigenvalue weighted by Crippen LogP contribution is -2.35. The first-order valence-corrected chi connectivity index (χ1v) is 7.53. The molecule has 0 aliphatic carbocycles. The van der Waals surface area contributed by atoms with Crippen molar-refractivity contribution in [2.45, 2.75) is 12.5 Å². The van der Waals surface area contributed by atoms with E-state index < -0.39 is 5.54 Å². The van der Waals surface area contributed by atoms with Gasteiger partial charge in [0.05, 0.1) is 12.1 Å². The maximum atomic E-state index is 9.75. The SMILES string of the molecule is CC(CO)(Nc1cccc(Br)c1)c1ccc(Br)cc1. The zero-order chi connectivity index (χ0) is 13.9. The monoisotopic (exact) mass is 383 g/mol. The Bertz CT molecular complexity index is 556. The highest BCUT2D eigenvalue weighted by Gasteiger charge is 2.25. The molecule has 1 unspecified atom stereocenters. The summed E-state index contributed by atoms with van der Waals surface area (Å²) in [4.78, 5) is 0. The van der Waals surface area contributed by atoms with Crippen molar-refractivity contribution in [2.24, 2.45) is 0 Å². The fourth-order valence-corrected chi connectivity index (χ4v) is 2.57. The minimum Gasteiger partial charge on any atom is -0.394 e. The zero-order valence-electron chi connectivity index (χ0n) is 10.5. The lowest BCUT2D eigenvalue weighted by molar-refractivity contribution is 0.224. The van der Waals surface area contributed by atoms with Gasteiger partial charge in [0.1, 0.15) is 0 Å². The van der Waals surface area contributed by atoms with Gasteiger partial charge >= 0.3 is 0 Å². The number of hydrogen-bond donors (Lipinski definition) is 2. The molecule has 100 valence electrons. The number of benzene rings is 2. The summed E-state index contributed by atoms with van der Waals surface area (Å²) in [5.41, 5.74) is 1.49. The number of nitrogens with one attached hydrogen (secondary N) is 1. The van der Waals surface area contributed by atoms with Crippen LogP contribution in [0, 0.1) is 0 Å². The molecule has 4 heteroatoms. The summed E-state index contributed by atoms with van der Waals surface area (Å²) in [6.07, 6.45) is 0. The van der Waals surface area contributed by atoms with Crippen LogP contribution in [0.3, 0.4) is 0 Å². The molecule has 0 aliphatic heterocycles. The first-order chi connectivity index (χ1) is 9.03. The van der Waals surface area contributed by atoms with E-state index in [2.05, 4.69) is 37.2 Å². The van der Waals surface area contributed by atoms with Crippen molar-refractivity contribution < 1.29 is 5.11 Å². The molecular formula is C15H15Br2NO. The molecule has 2 N–H and O–H groups in total. The lowest BCUT2D eigenvalue weighted by atomic mass is 9.92. The third-order valence-electron chi connectivity index (χ3n) is 3.04. The summed E-state index contributed by atoms with van der Waals surface area (Å²) >= 11 is 6.87. The van der Waals surface area contributed by atoms with Crippen LogP contribution in [-0.4, -0.2) is 11.7 Å². The van der Waals surface area contributed by atoms with Gasteiger partial charge in [-0.3, -0.25) is 0 Å². The van der Waals surface area contributed by atoms with Crippen LogP contribution in [0.5, 0.6) is 0 Å².